The van der Waals surface area contributed by atoms with Gasteiger partial charge in [0.15, 0.2) is 11.5 Å². The highest BCUT2D eigenvalue weighted by atomic mass is 79.9. The molecule has 0 radical (unpaired) electrons. The molecule has 110 valence electrons. The van der Waals surface area contributed by atoms with Crippen LogP contribution in [0.2, 0.25) is 0 Å². The van der Waals surface area contributed by atoms with E-state index in [0.29, 0.717) is 13.2 Å². The molecule has 3 rings (SSSR count). The van der Waals surface area contributed by atoms with Crippen LogP contribution in [-0.2, 0) is 5.41 Å². The fourth-order valence-electron chi connectivity index (χ4n) is 2.65. The molecule has 0 bridgehead atoms. The van der Waals surface area contributed by atoms with Crippen molar-refractivity contribution in [3.05, 3.63) is 59.7 Å². The Kier molecular flexibility index (Phi) is 3.94. The molecule has 0 fully saturated rings. The lowest BCUT2D eigenvalue weighted by Gasteiger charge is -2.32. The molecular formula is C18H19BrO2. The van der Waals surface area contributed by atoms with Gasteiger partial charge in [-0.05, 0) is 23.3 Å². The first-order valence-electron chi connectivity index (χ1n) is 7.18. The second-order valence-corrected chi connectivity index (χ2v) is 6.77. The van der Waals surface area contributed by atoms with E-state index < -0.39 is 0 Å². The fourth-order valence-corrected chi connectivity index (χ4v) is 3.20. The van der Waals surface area contributed by atoms with Crippen molar-refractivity contribution < 1.29 is 9.47 Å². The molecule has 0 amide bonds. The minimum Gasteiger partial charge on any atom is -0.486 e. The van der Waals surface area contributed by atoms with E-state index in [0.717, 1.165) is 11.5 Å². The van der Waals surface area contributed by atoms with Gasteiger partial charge in [0.1, 0.15) is 13.2 Å². The molecule has 1 atom stereocenters. The van der Waals surface area contributed by atoms with Crippen molar-refractivity contribution in [3.8, 4) is 11.5 Å². The molecule has 0 N–H and O–H groups in total. The van der Waals surface area contributed by atoms with Crippen molar-refractivity contribution in [2.75, 3.05) is 13.2 Å². The fraction of sp³-hybridized carbons (Fsp3) is 0.333. The summed E-state index contributed by atoms with van der Waals surface area (Å²) in [5.74, 6) is 1.68. The summed E-state index contributed by atoms with van der Waals surface area (Å²) in [5.41, 5.74) is 2.49. The average molecular weight is 347 g/mol. The maximum Gasteiger partial charge on any atom is 0.161 e. The van der Waals surface area contributed by atoms with Crippen LogP contribution >= 0.6 is 15.9 Å². The van der Waals surface area contributed by atoms with Crippen LogP contribution in [0.4, 0.5) is 0 Å². The topological polar surface area (TPSA) is 18.5 Å². The van der Waals surface area contributed by atoms with Crippen LogP contribution in [-0.4, -0.2) is 13.2 Å². The highest BCUT2D eigenvalue weighted by Crippen LogP contribution is 2.45. The summed E-state index contributed by atoms with van der Waals surface area (Å²) < 4.78 is 11.3. The Bertz CT molecular complexity index is 622. The predicted molar refractivity (Wildman–Crippen MR) is 88.6 cm³/mol. The maximum atomic E-state index is 5.69. The van der Waals surface area contributed by atoms with Gasteiger partial charge in [-0.2, -0.15) is 0 Å². The van der Waals surface area contributed by atoms with Crippen LogP contribution in [0.5, 0.6) is 11.5 Å². The highest BCUT2D eigenvalue weighted by molar-refractivity contribution is 9.09. The number of ether oxygens (including phenoxy) is 2. The molecule has 1 aliphatic heterocycles. The third-order valence-corrected chi connectivity index (χ3v) is 5.68. The third-order valence-electron chi connectivity index (χ3n) is 4.01. The van der Waals surface area contributed by atoms with E-state index in [2.05, 4.69) is 66.2 Å². The van der Waals surface area contributed by atoms with Gasteiger partial charge in [-0.1, -0.05) is 66.2 Å². The van der Waals surface area contributed by atoms with Gasteiger partial charge in [-0.3, -0.25) is 0 Å². The molecule has 1 aliphatic rings. The summed E-state index contributed by atoms with van der Waals surface area (Å²) in [6.45, 7) is 5.74. The van der Waals surface area contributed by atoms with Crippen LogP contribution in [0.25, 0.3) is 0 Å². The molecule has 3 heteroatoms. The van der Waals surface area contributed by atoms with Crippen molar-refractivity contribution in [3.63, 3.8) is 0 Å². The Morgan fingerprint density at radius 1 is 0.952 bits per heavy atom. The number of rotatable bonds is 3. The number of benzene rings is 2. The lowest BCUT2D eigenvalue weighted by Crippen LogP contribution is -2.23. The Labute approximate surface area is 134 Å². The molecule has 2 aromatic rings. The summed E-state index contributed by atoms with van der Waals surface area (Å²) in [5, 5.41) is 0. The molecular weight excluding hydrogens is 328 g/mol. The standard InChI is InChI=1S/C18H19BrO2/c1-18(2,14-6-4-3-5-7-14)17(19)13-8-9-15-16(12-13)21-11-10-20-15/h3-9,12,17H,10-11H2,1-2H3. The van der Waals surface area contributed by atoms with Crippen LogP contribution in [0.1, 0.15) is 29.8 Å². The zero-order chi connectivity index (χ0) is 14.9. The van der Waals surface area contributed by atoms with E-state index in [1.165, 1.54) is 11.1 Å². The van der Waals surface area contributed by atoms with Crippen molar-refractivity contribution >= 4 is 15.9 Å². The Morgan fingerprint density at radius 2 is 1.62 bits per heavy atom. The van der Waals surface area contributed by atoms with Crippen LogP contribution < -0.4 is 9.47 Å². The Hall–Kier alpha value is -1.48. The molecule has 2 nitrogen and oxygen atoms in total. The lowest BCUT2D eigenvalue weighted by molar-refractivity contribution is 0.171. The molecule has 0 aliphatic carbocycles. The number of hydrogen-bond acceptors (Lipinski definition) is 2. The van der Waals surface area contributed by atoms with Gasteiger partial charge in [0.05, 0.1) is 0 Å². The first kappa shape index (κ1) is 14.5. The monoisotopic (exact) mass is 346 g/mol. The normalized spacial score (nSPS) is 15.6. The summed E-state index contributed by atoms with van der Waals surface area (Å²) >= 11 is 3.88. The van der Waals surface area contributed by atoms with E-state index in [4.69, 9.17) is 9.47 Å². The molecule has 1 unspecified atom stereocenters. The van der Waals surface area contributed by atoms with Crippen molar-refractivity contribution in [2.45, 2.75) is 24.1 Å². The Morgan fingerprint density at radius 3 is 2.33 bits per heavy atom. The van der Waals surface area contributed by atoms with Gasteiger partial charge in [0.2, 0.25) is 0 Å². The van der Waals surface area contributed by atoms with Gasteiger partial charge >= 0.3 is 0 Å². The molecule has 0 aromatic heterocycles. The third kappa shape index (κ3) is 2.80. The second-order valence-electron chi connectivity index (χ2n) is 5.85. The number of halogens is 1. The maximum absolute atomic E-state index is 5.69. The summed E-state index contributed by atoms with van der Waals surface area (Å²) in [7, 11) is 0. The molecule has 0 spiro atoms. The minimum atomic E-state index is -0.0228. The summed E-state index contributed by atoms with van der Waals surface area (Å²) in [6.07, 6.45) is 0. The van der Waals surface area contributed by atoms with E-state index in [1.54, 1.807) is 0 Å². The molecule has 0 saturated carbocycles. The average Bonchev–Trinajstić information content (AvgIpc) is 2.54. The summed E-state index contributed by atoms with van der Waals surface area (Å²) in [4.78, 5) is 0.197. The van der Waals surface area contributed by atoms with Gasteiger partial charge in [-0.15, -0.1) is 0 Å². The van der Waals surface area contributed by atoms with Crippen molar-refractivity contribution in [1.82, 2.24) is 0 Å². The number of fused-ring (bicyclic) bond motifs is 1. The zero-order valence-electron chi connectivity index (χ0n) is 12.3. The largest absolute Gasteiger partial charge is 0.486 e. The SMILES string of the molecule is CC(C)(c1ccccc1)C(Br)c1ccc2c(c1)OCCO2. The van der Waals surface area contributed by atoms with Gasteiger partial charge in [0.25, 0.3) is 0 Å². The van der Waals surface area contributed by atoms with Crippen LogP contribution in [0.15, 0.2) is 48.5 Å². The minimum absolute atomic E-state index is 0.0228. The van der Waals surface area contributed by atoms with Crippen LogP contribution in [0, 0.1) is 0 Å². The highest BCUT2D eigenvalue weighted by Gasteiger charge is 2.31. The first-order valence-corrected chi connectivity index (χ1v) is 8.10. The van der Waals surface area contributed by atoms with Crippen molar-refractivity contribution in [2.24, 2.45) is 0 Å². The molecule has 2 aromatic carbocycles. The van der Waals surface area contributed by atoms with Gasteiger partial charge in [-0.25, -0.2) is 0 Å². The predicted octanol–water partition coefficient (Wildman–Crippen LogP) is 4.87. The molecule has 0 saturated heterocycles. The van der Waals surface area contributed by atoms with Gasteiger partial charge in [0, 0.05) is 10.2 Å². The lowest BCUT2D eigenvalue weighted by atomic mass is 9.79. The Balaban J connectivity index is 1.92. The van der Waals surface area contributed by atoms with Crippen LogP contribution in [0.3, 0.4) is 0 Å². The van der Waals surface area contributed by atoms with E-state index in [9.17, 15) is 0 Å². The quantitative estimate of drug-likeness (QED) is 0.738. The van der Waals surface area contributed by atoms with E-state index >= 15 is 0 Å². The second kappa shape index (κ2) is 5.72. The van der Waals surface area contributed by atoms with Gasteiger partial charge < -0.3 is 9.47 Å². The molecule has 1 heterocycles. The number of alkyl halides is 1. The zero-order valence-corrected chi connectivity index (χ0v) is 13.9. The molecule has 21 heavy (non-hydrogen) atoms. The smallest absolute Gasteiger partial charge is 0.161 e. The van der Waals surface area contributed by atoms with E-state index in [1.807, 2.05) is 12.1 Å². The summed E-state index contributed by atoms with van der Waals surface area (Å²) in [6, 6.07) is 16.8. The van der Waals surface area contributed by atoms with Crippen molar-refractivity contribution in [1.29, 1.82) is 0 Å². The van der Waals surface area contributed by atoms with E-state index in [-0.39, 0.29) is 10.2 Å². The first-order chi connectivity index (χ1) is 10.1. The number of hydrogen-bond donors (Lipinski definition) is 0.